The average molecular weight is 322 g/mol. The van der Waals surface area contributed by atoms with Crippen molar-refractivity contribution >= 4 is 22.4 Å². The molecule has 0 bridgehead atoms. The topological polar surface area (TPSA) is 53.1 Å². The third kappa shape index (κ3) is 2.83. The fourth-order valence-electron chi connectivity index (χ4n) is 3.25. The number of aromatic nitrogens is 2. The Balaban J connectivity index is 1.62. The van der Waals surface area contributed by atoms with Gasteiger partial charge in [-0.3, -0.25) is 0 Å². The van der Waals surface area contributed by atoms with Crippen LogP contribution in [0.1, 0.15) is 19.8 Å². The van der Waals surface area contributed by atoms with E-state index in [0.717, 1.165) is 46.5 Å². The van der Waals surface area contributed by atoms with Crippen LogP contribution in [0.15, 0.2) is 47.7 Å². The van der Waals surface area contributed by atoms with Gasteiger partial charge < -0.3 is 10.3 Å². The number of H-pyrrole nitrogens is 1. The molecule has 3 heterocycles. The lowest BCUT2D eigenvalue weighted by molar-refractivity contribution is 0.629. The van der Waals surface area contributed by atoms with Gasteiger partial charge in [-0.2, -0.15) is 0 Å². The van der Waals surface area contributed by atoms with Gasteiger partial charge in [0.2, 0.25) is 0 Å². The summed E-state index contributed by atoms with van der Waals surface area (Å²) in [6, 6.07) is 9.07. The molecule has 1 saturated heterocycles. The van der Waals surface area contributed by atoms with Crippen LogP contribution in [0.4, 0.5) is 10.2 Å². The number of hydrogen-bond acceptors (Lipinski definition) is 3. The molecule has 24 heavy (non-hydrogen) atoms. The smallest absolute Gasteiger partial charge is 0.151 e. The third-order valence-corrected chi connectivity index (χ3v) is 4.56. The molecule has 1 atom stereocenters. The number of halogens is 1. The molecule has 0 amide bonds. The van der Waals surface area contributed by atoms with Gasteiger partial charge in [-0.15, -0.1) is 0 Å². The fraction of sp³-hybridized carbons (Fsp3) is 0.263. The highest BCUT2D eigenvalue weighted by molar-refractivity contribution is 5.95. The summed E-state index contributed by atoms with van der Waals surface area (Å²) in [7, 11) is 0. The predicted octanol–water partition coefficient (Wildman–Crippen LogP) is 4.21. The van der Waals surface area contributed by atoms with E-state index in [1.807, 2.05) is 31.5 Å². The Morgan fingerprint density at radius 3 is 2.96 bits per heavy atom. The SMILES string of the molecule is CC(=Nc1ccc(-c2c[nH]c3cc(F)ccc23)cn1)C1CCCN1. The molecule has 1 unspecified atom stereocenters. The van der Waals surface area contributed by atoms with Gasteiger partial charge in [0, 0.05) is 46.2 Å². The van der Waals surface area contributed by atoms with Crippen LogP contribution in [-0.4, -0.2) is 28.3 Å². The molecule has 0 saturated carbocycles. The number of nitrogens with one attached hydrogen (secondary N) is 2. The minimum atomic E-state index is -0.241. The van der Waals surface area contributed by atoms with Crippen LogP contribution in [-0.2, 0) is 0 Å². The summed E-state index contributed by atoms with van der Waals surface area (Å²) in [5.41, 5.74) is 3.87. The highest BCUT2D eigenvalue weighted by Crippen LogP contribution is 2.29. The Bertz CT molecular complexity index is 889. The first-order valence-corrected chi connectivity index (χ1v) is 8.22. The van der Waals surface area contributed by atoms with Gasteiger partial charge >= 0.3 is 0 Å². The van der Waals surface area contributed by atoms with Gasteiger partial charge in [-0.05, 0) is 56.6 Å². The number of hydrogen-bond donors (Lipinski definition) is 2. The number of benzene rings is 1. The maximum atomic E-state index is 13.3. The van der Waals surface area contributed by atoms with Crippen molar-refractivity contribution in [2.24, 2.45) is 4.99 Å². The molecule has 2 N–H and O–H groups in total. The molecule has 3 aromatic rings. The Hall–Kier alpha value is -2.53. The van der Waals surface area contributed by atoms with E-state index in [4.69, 9.17) is 0 Å². The number of fused-ring (bicyclic) bond motifs is 1. The molecule has 5 heteroatoms. The summed E-state index contributed by atoms with van der Waals surface area (Å²) in [4.78, 5) is 12.2. The van der Waals surface area contributed by atoms with E-state index >= 15 is 0 Å². The van der Waals surface area contributed by atoms with Crippen molar-refractivity contribution in [2.45, 2.75) is 25.8 Å². The van der Waals surface area contributed by atoms with Crippen molar-refractivity contribution < 1.29 is 4.39 Å². The molecule has 1 aromatic carbocycles. The Kier molecular flexibility index (Phi) is 3.86. The maximum absolute atomic E-state index is 13.3. The number of pyridine rings is 1. The summed E-state index contributed by atoms with van der Waals surface area (Å²) in [6.45, 7) is 3.11. The Labute approximate surface area is 139 Å². The zero-order chi connectivity index (χ0) is 16.5. The second-order valence-electron chi connectivity index (χ2n) is 6.20. The van der Waals surface area contributed by atoms with Gasteiger partial charge in [0.25, 0.3) is 0 Å². The highest BCUT2D eigenvalue weighted by Gasteiger charge is 2.16. The van der Waals surface area contributed by atoms with Gasteiger partial charge in [0.15, 0.2) is 5.82 Å². The number of rotatable bonds is 3. The lowest BCUT2D eigenvalue weighted by Gasteiger charge is -2.09. The molecule has 1 aliphatic rings. The zero-order valence-corrected chi connectivity index (χ0v) is 13.5. The number of nitrogens with zero attached hydrogens (tertiary/aromatic N) is 2. The summed E-state index contributed by atoms with van der Waals surface area (Å²) in [6.07, 6.45) is 6.04. The van der Waals surface area contributed by atoms with E-state index in [1.165, 1.54) is 18.6 Å². The molecule has 0 radical (unpaired) electrons. The molecule has 1 fully saturated rings. The zero-order valence-electron chi connectivity index (χ0n) is 13.5. The van der Waals surface area contributed by atoms with Crippen LogP contribution in [0, 0.1) is 5.82 Å². The highest BCUT2D eigenvalue weighted by atomic mass is 19.1. The van der Waals surface area contributed by atoms with Gasteiger partial charge in [-0.25, -0.2) is 14.4 Å². The molecule has 1 aliphatic heterocycles. The number of aliphatic imine (C=N–C) groups is 1. The summed E-state index contributed by atoms with van der Waals surface area (Å²) in [5, 5.41) is 4.43. The van der Waals surface area contributed by atoms with Crippen LogP contribution in [0.2, 0.25) is 0 Å². The van der Waals surface area contributed by atoms with Crippen LogP contribution in [0.25, 0.3) is 22.0 Å². The van der Waals surface area contributed by atoms with Crippen LogP contribution in [0.5, 0.6) is 0 Å². The first-order valence-electron chi connectivity index (χ1n) is 8.22. The molecule has 122 valence electrons. The van der Waals surface area contributed by atoms with Gasteiger partial charge in [0.05, 0.1) is 0 Å². The Morgan fingerprint density at radius 2 is 2.21 bits per heavy atom. The molecule has 4 nitrogen and oxygen atoms in total. The van der Waals surface area contributed by atoms with E-state index in [-0.39, 0.29) is 5.82 Å². The Morgan fingerprint density at radius 1 is 1.29 bits per heavy atom. The average Bonchev–Trinajstić information content (AvgIpc) is 3.25. The number of aromatic amines is 1. The largest absolute Gasteiger partial charge is 0.360 e. The standard InChI is InChI=1S/C19H19FN4/c1-12(17-3-2-8-21-17)24-19-7-4-13(10-23-19)16-11-22-18-9-14(20)5-6-15(16)18/h4-7,9-11,17,21-22H,2-3,8H2,1H3. The minimum absolute atomic E-state index is 0.241. The second-order valence-corrected chi connectivity index (χ2v) is 6.20. The van der Waals surface area contributed by atoms with Gasteiger partial charge in [-0.1, -0.05) is 0 Å². The van der Waals surface area contributed by atoms with Gasteiger partial charge in [0.1, 0.15) is 5.82 Å². The first kappa shape index (κ1) is 15.0. The normalized spacial score (nSPS) is 18.4. The maximum Gasteiger partial charge on any atom is 0.151 e. The summed E-state index contributed by atoms with van der Waals surface area (Å²) >= 11 is 0. The lowest BCUT2D eigenvalue weighted by atomic mass is 10.1. The van der Waals surface area contributed by atoms with E-state index < -0.39 is 0 Å². The van der Waals surface area contributed by atoms with E-state index in [2.05, 4.69) is 20.3 Å². The first-order chi connectivity index (χ1) is 11.7. The van der Waals surface area contributed by atoms with Crippen molar-refractivity contribution in [3.63, 3.8) is 0 Å². The van der Waals surface area contributed by atoms with Crippen molar-refractivity contribution in [1.82, 2.24) is 15.3 Å². The third-order valence-electron chi connectivity index (χ3n) is 4.56. The quantitative estimate of drug-likeness (QED) is 0.710. The summed E-state index contributed by atoms with van der Waals surface area (Å²) in [5.74, 6) is 0.477. The van der Waals surface area contributed by atoms with Crippen molar-refractivity contribution in [1.29, 1.82) is 0 Å². The van der Waals surface area contributed by atoms with Crippen molar-refractivity contribution in [2.75, 3.05) is 6.54 Å². The predicted molar refractivity (Wildman–Crippen MR) is 95.3 cm³/mol. The monoisotopic (exact) mass is 322 g/mol. The van der Waals surface area contributed by atoms with Crippen molar-refractivity contribution in [3.05, 3.63) is 48.5 Å². The van der Waals surface area contributed by atoms with Crippen LogP contribution < -0.4 is 5.32 Å². The van der Waals surface area contributed by atoms with Crippen LogP contribution >= 0.6 is 0 Å². The summed E-state index contributed by atoms with van der Waals surface area (Å²) < 4.78 is 13.3. The van der Waals surface area contributed by atoms with Crippen LogP contribution in [0.3, 0.4) is 0 Å². The fourth-order valence-corrected chi connectivity index (χ4v) is 3.25. The lowest BCUT2D eigenvalue weighted by Crippen LogP contribution is -2.28. The molecule has 2 aromatic heterocycles. The molecule has 4 rings (SSSR count). The molecular formula is C19H19FN4. The molecule has 0 aliphatic carbocycles. The second kappa shape index (κ2) is 6.17. The minimum Gasteiger partial charge on any atom is -0.360 e. The van der Waals surface area contributed by atoms with Crippen molar-refractivity contribution in [3.8, 4) is 11.1 Å². The molecule has 0 spiro atoms. The van der Waals surface area contributed by atoms with E-state index in [0.29, 0.717) is 6.04 Å². The van der Waals surface area contributed by atoms with E-state index in [9.17, 15) is 4.39 Å². The van der Waals surface area contributed by atoms with E-state index in [1.54, 1.807) is 6.07 Å². The molecular weight excluding hydrogens is 303 g/mol.